The van der Waals surface area contributed by atoms with E-state index >= 15 is 0 Å². The van der Waals surface area contributed by atoms with E-state index in [-0.39, 0.29) is 37.5 Å². The Bertz CT molecular complexity index is 1390. The zero-order valence-electron chi connectivity index (χ0n) is 49.8. The molecule has 75 heavy (non-hydrogen) atoms. The van der Waals surface area contributed by atoms with Crippen molar-refractivity contribution in [1.82, 2.24) is 0 Å². The van der Waals surface area contributed by atoms with Gasteiger partial charge in [-0.2, -0.15) is 0 Å². The van der Waals surface area contributed by atoms with Gasteiger partial charge in [-0.15, -0.1) is 0 Å². The molecule has 0 spiro atoms. The van der Waals surface area contributed by atoms with E-state index in [0.29, 0.717) is 19.3 Å². The summed E-state index contributed by atoms with van der Waals surface area (Å²) in [6.45, 7) is 6.49. The van der Waals surface area contributed by atoms with Crippen molar-refractivity contribution in [2.45, 2.75) is 335 Å². The molecular weight excluding hydrogens is 925 g/mol. The van der Waals surface area contributed by atoms with Crippen LogP contribution < -0.4 is 0 Å². The highest BCUT2D eigenvalue weighted by molar-refractivity contribution is 5.71. The summed E-state index contributed by atoms with van der Waals surface area (Å²) >= 11 is 0. The van der Waals surface area contributed by atoms with E-state index in [1.54, 1.807) is 0 Å². The third-order valence-corrected chi connectivity index (χ3v) is 14.2. The number of carbonyl (C=O) groups is 3. The molecule has 0 aliphatic carbocycles. The van der Waals surface area contributed by atoms with Gasteiger partial charge in [-0.1, -0.05) is 306 Å². The Labute approximate surface area is 465 Å². The molecular formula is C69H122O6. The van der Waals surface area contributed by atoms with E-state index in [4.69, 9.17) is 14.2 Å². The molecule has 0 bridgehead atoms. The lowest BCUT2D eigenvalue weighted by molar-refractivity contribution is -0.166. The molecule has 0 aromatic heterocycles. The molecule has 6 nitrogen and oxygen atoms in total. The first kappa shape index (κ1) is 71.8. The lowest BCUT2D eigenvalue weighted by Crippen LogP contribution is -2.30. The van der Waals surface area contributed by atoms with E-state index in [2.05, 4.69) is 87.6 Å². The number of hydrogen-bond acceptors (Lipinski definition) is 6. The lowest BCUT2D eigenvalue weighted by atomic mass is 10.0. The standard InChI is InChI=1S/C69H122O6/c1-4-7-10-13-16-19-22-25-27-29-31-33-34-36-37-39-41-44-47-50-53-56-59-62-68(71)74-65-66(64-73-67(70)61-58-55-52-49-46-43-24-21-18-15-12-9-6-3)75-69(72)63-60-57-54-51-48-45-42-40-38-35-32-30-28-26-23-20-17-14-11-8-5-2/h9,12,18,21,23,26,30,32,43,46,52,55,66H,4-8,10-11,13-17,19-20,22,24-25,27-29,31,33-42,44-45,47-51,53-54,56-65H2,1-3H3/b12-9-,21-18-,26-23-,32-30-,46-43-,55-52-. The van der Waals surface area contributed by atoms with Crippen LogP contribution in [0.1, 0.15) is 329 Å². The maximum Gasteiger partial charge on any atom is 0.306 e. The summed E-state index contributed by atoms with van der Waals surface area (Å²) in [5.74, 6) is -0.970. The van der Waals surface area contributed by atoms with Gasteiger partial charge in [0.1, 0.15) is 13.2 Å². The van der Waals surface area contributed by atoms with E-state index in [9.17, 15) is 14.4 Å². The lowest BCUT2D eigenvalue weighted by Gasteiger charge is -2.18. The highest BCUT2D eigenvalue weighted by atomic mass is 16.6. The van der Waals surface area contributed by atoms with Crippen molar-refractivity contribution in [2.75, 3.05) is 13.2 Å². The predicted octanol–water partition coefficient (Wildman–Crippen LogP) is 22.1. The molecule has 0 saturated heterocycles. The fourth-order valence-corrected chi connectivity index (χ4v) is 9.37. The number of hydrogen-bond donors (Lipinski definition) is 0. The SMILES string of the molecule is CC/C=C\C/C=C\C/C=C\C/C=C\CCC(=O)OCC(COC(=O)CCCCCCCCCCCCCCCCCCCCCCCCC)OC(=O)CCCCCCCCCCC/C=C\C/C=C\CCCCCCC. The molecule has 0 heterocycles. The molecule has 0 aromatic carbocycles. The smallest absolute Gasteiger partial charge is 0.306 e. The number of carbonyl (C=O) groups excluding carboxylic acids is 3. The minimum atomic E-state index is -0.806. The predicted molar refractivity (Wildman–Crippen MR) is 325 cm³/mol. The van der Waals surface area contributed by atoms with Crippen molar-refractivity contribution in [3.8, 4) is 0 Å². The molecule has 1 atom stereocenters. The summed E-state index contributed by atoms with van der Waals surface area (Å²) in [6, 6.07) is 0. The van der Waals surface area contributed by atoms with Crippen LogP contribution in [0.4, 0.5) is 0 Å². The van der Waals surface area contributed by atoms with Crippen molar-refractivity contribution in [1.29, 1.82) is 0 Å². The monoisotopic (exact) mass is 1050 g/mol. The molecule has 0 N–H and O–H groups in total. The van der Waals surface area contributed by atoms with Crippen molar-refractivity contribution < 1.29 is 28.6 Å². The quantitative estimate of drug-likeness (QED) is 0.0261. The van der Waals surface area contributed by atoms with Crippen molar-refractivity contribution >= 4 is 17.9 Å². The molecule has 0 fully saturated rings. The molecule has 0 aliphatic rings. The second-order valence-corrected chi connectivity index (χ2v) is 21.6. The molecule has 0 saturated carbocycles. The Balaban J connectivity index is 4.33. The van der Waals surface area contributed by atoms with Gasteiger partial charge in [0.25, 0.3) is 0 Å². The Morgan fingerprint density at radius 3 is 0.893 bits per heavy atom. The largest absolute Gasteiger partial charge is 0.462 e. The Morgan fingerprint density at radius 2 is 0.547 bits per heavy atom. The first-order valence-electron chi connectivity index (χ1n) is 32.4. The summed E-state index contributed by atoms with van der Waals surface area (Å²) in [6.07, 6.45) is 82.2. The van der Waals surface area contributed by atoms with Gasteiger partial charge in [-0.25, -0.2) is 0 Å². The zero-order chi connectivity index (χ0) is 54.3. The van der Waals surface area contributed by atoms with Gasteiger partial charge in [0.15, 0.2) is 6.10 Å². The van der Waals surface area contributed by atoms with Gasteiger partial charge in [0.05, 0.1) is 0 Å². The summed E-state index contributed by atoms with van der Waals surface area (Å²) in [7, 11) is 0. The number of allylic oxidation sites excluding steroid dienone is 12. The average molecular weight is 1050 g/mol. The van der Waals surface area contributed by atoms with Crippen LogP contribution in [0.3, 0.4) is 0 Å². The summed E-state index contributed by atoms with van der Waals surface area (Å²) in [5, 5.41) is 0. The normalized spacial score (nSPS) is 12.5. The molecule has 6 heteroatoms. The van der Waals surface area contributed by atoms with Gasteiger partial charge < -0.3 is 14.2 Å². The van der Waals surface area contributed by atoms with Crippen LogP contribution >= 0.6 is 0 Å². The molecule has 0 aromatic rings. The molecule has 434 valence electrons. The van der Waals surface area contributed by atoms with E-state index in [1.807, 2.05) is 6.08 Å². The molecule has 0 amide bonds. The fraction of sp³-hybridized carbons (Fsp3) is 0.783. The maximum absolute atomic E-state index is 12.9. The molecule has 0 rings (SSSR count). The van der Waals surface area contributed by atoms with Gasteiger partial charge in [-0.05, 0) is 77.0 Å². The van der Waals surface area contributed by atoms with Crippen LogP contribution in [0.5, 0.6) is 0 Å². The third kappa shape index (κ3) is 61.6. The topological polar surface area (TPSA) is 78.9 Å². The van der Waals surface area contributed by atoms with Crippen molar-refractivity contribution in [2.24, 2.45) is 0 Å². The molecule has 0 aliphatic heterocycles. The summed E-state index contributed by atoms with van der Waals surface area (Å²) < 4.78 is 16.9. The Kier molecular flexibility index (Phi) is 60.7. The molecule has 0 radical (unpaired) electrons. The van der Waals surface area contributed by atoms with Crippen LogP contribution in [-0.4, -0.2) is 37.2 Å². The maximum atomic E-state index is 12.9. The zero-order valence-corrected chi connectivity index (χ0v) is 49.8. The summed E-state index contributed by atoms with van der Waals surface area (Å²) in [4.78, 5) is 38.3. The first-order valence-corrected chi connectivity index (χ1v) is 32.4. The van der Waals surface area contributed by atoms with Crippen LogP contribution in [0, 0.1) is 0 Å². The van der Waals surface area contributed by atoms with Crippen molar-refractivity contribution in [3.63, 3.8) is 0 Å². The molecule has 1 unspecified atom stereocenters. The summed E-state index contributed by atoms with van der Waals surface area (Å²) in [5.41, 5.74) is 0. The van der Waals surface area contributed by atoms with Gasteiger partial charge in [-0.3, -0.25) is 14.4 Å². The highest BCUT2D eigenvalue weighted by Gasteiger charge is 2.19. The minimum Gasteiger partial charge on any atom is -0.462 e. The van der Waals surface area contributed by atoms with Gasteiger partial charge in [0, 0.05) is 19.3 Å². The van der Waals surface area contributed by atoms with Crippen LogP contribution in [0.2, 0.25) is 0 Å². The number of unbranched alkanes of at least 4 members (excludes halogenated alkanes) is 36. The van der Waals surface area contributed by atoms with Crippen LogP contribution in [0.25, 0.3) is 0 Å². The van der Waals surface area contributed by atoms with E-state index in [1.165, 1.54) is 212 Å². The minimum absolute atomic E-state index is 0.0962. The van der Waals surface area contributed by atoms with Crippen molar-refractivity contribution in [3.05, 3.63) is 72.9 Å². The average Bonchev–Trinajstić information content (AvgIpc) is 3.41. The second kappa shape index (κ2) is 63.4. The van der Waals surface area contributed by atoms with Gasteiger partial charge >= 0.3 is 17.9 Å². The number of rotatable bonds is 59. The first-order chi connectivity index (χ1) is 37.0. The highest BCUT2D eigenvalue weighted by Crippen LogP contribution is 2.17. The van der Waals surface area contributed by atoms with Crippen LogP contribution in [0.15, 0.2) is 72.9 Å². The third-order valence-electron chi connectivity index (χ3n) is 14.2. The second-order valence-electron chi connectivity index (χ2n) is 21.6. The fourth-order valence-electron chi connectivity index (χ4n) is 9.37. The van der Waals surface area contributed by atoms with Crippen LogP contribution in [-0.2, 0) is 28.6 Å². The Hall–Kier alpha value is -3.15. The Morgan fingerprint density at radius 1 is 0.280 bits per heavy atom. The van der Waals surface area contributed by atoms with E-state index < -0.39 is 6.10 Å². The number of esters is 3. The van der Waals surface area contributed by atoms with E-state index in [0.717, 1.165) is 70.6 Å². The number of ether oxygens (including phenoxy) is 3. The van der Waals surface area contributed by atoms with Gasteiger partial charge in [0.2, 0.25) is 0 Å².